The molecule has 0 spiro atoms. The lowest BCUT2D eigenvalue weighted by molar-refractivity contribution is -0.135. The Morgan fingerprint density at radius 1 is 1.44 bits per heavy atom. The number of amides is 3. The van der Waals surface area contributed by atoms with Crippen LogP contribution in [0.15, 0.2) is 0 Å². The molecular formula is C11H12N2O3. The zero-order chi connectivity index (χ0) is 11.7. The van der Waals surface area contributed by atoms with E-state index >= 15 is 0 Å². The first-order valence-corrected chi connectivity index (χ1v) is 5.22. The highest BCUT2D eigenvalue weighted by molar-refractivity contribution is 6.08. The largest absolute Gasteiger partial charge is 0.316 e. The second-order valence-corrected chi connectivity index (χ2v) is 3.95. The average molecular weight is 220 g/mol. The predicted octanol–water partition coefficient (Wildman–Crippen LogP) is -0.584. The van der Waals surface area contributed by atoms with Crippen molar-refractivity contribution < 1.29 is 14.4 Å². The molecule has 84 valence electrons. The molecular weight excluding hydrogens is 208 g/mol. The summed E-state index contributed by atoms with van der Waals surface area (Å²) in [6.07, 6.45) is 1.83. The van der Waals surface area contributed by atoms with E-state index in [1.165, 1.54) is 4.90 Å². The predicted molar refractivity (Wildman–Crippen MR) is 54.9 cm³/mol. The minimum atomic E-state index is -0.659. The number of rotatable bonds is 2. The second kappa shape index (κ2) is 3.97. The Bertz CT molecular complexity index is 415. The number of nitrogens with zero attached hydrogens (tertiary/aromatic N) is 1. The van der Waals surface area contributed by atoms with Gasteiger partial charge in [0.15, 0.2) is 0 Å². The third-order valence-corrected chi connectivity index (χ3v) is 2.69. The molecule has 1 aliphatic heterocycles. The maximum absolute atomic E-state index is 11.7. The standard InChI is InChI=1S/C11H12N2O3/c1-2-3-10(15)13(7-4-5-7)8-6-9(14)12-11(8)16/h7-8H,4-6H2,1H3,(H,12,14,16). The Balaban J connectivity index is 2.18. The summed E-state index contributed by atoms with van der Waals surface area (Å²) in [5.74, 6) is 3.88. The van der Waals surface area contributed by atoms with Crippen molar-refractivity contribution in [3.8, 4) is 11.8 Å². The fourth-order valence-electron chi connectivity index (χ4n) is 1.85. The molecule has 2 fully saturated rings. The first kappa shape index (κ1) is 10.7. The summed E-state index contributed by atoms with van der Waals surface area (Å²) >= 11 is 0. The lowest BCUT2D eigenvalue weighted by atomic mass is 10.2. The minimum absolute atomic E-state index is 0.0620. The van der Waals surface area contributed by atoms with E-state index in [2.05, 4.69) is 17.2 Å². The number of carbonyl (C=O) groups excluding carboxylic acids is 3. The maximum atomic E-state index is 11.7. The molecule has 5 heteroatoms. The van der Waals surface area contributed by atoms with Gasteiger partial charge >= 0.3 is 0 Å². The zero-order valence-electron chi connectivity index (χ0n) is 8.95. The number of imide groups is 1. The second-order valence-electron chi connectivity index (χ2n) is 3.95. The Morgan fingerprint density at radius 2 is 2.12 bits per heavy atom. The SMILES string of the molecule is CC#CC(=O)N(C1CC1)C1CC(=O)NC1=O. The van der Waals surface area contributed by atoms with Crippen molar-refractivity contribution in [2.75, 3.05) is 0 Å². The van der Waals surface area contributed by atoms with Crippen molar-refractivity contribution in [3.63, 3.8) is 0 Å². The Kier molecular flexibility index (Phi) is 2.65. The fraction of sp³-hybridized carbons (Fsp3) is 0.545. The highest BCUT2D eigenvalue weighted by Crippen LogP contribution is 2.30. The molecule has 2 rings (SSSR count). The van der Waals surface area contributed by atoms with E-state index in [-0.39, 0.29) is 30.2 Å². The van der Waals surface area contributed by atoms with Gasteiger partial charge < -0.3 is 4.90 Å². The Hall–Kier alpha value is -1.83. The summed E-state index contributed by atoms with van der Waals surface area (Å²) < 4.78 is 0. The lowest BCUT2D eigenvalue weighted by Gasteiger charge is -2.24. The van der Waals surface area contributed by atoms with Gasteiger partial charge in [-0.25, -0.2) is 0 Å². The van der Waals surface area contributed by atoms with Crippen molar-refractivity contribution in [1.29, 1.82) is 0 Å². The molecule has 0 aromatic heterocycles. The van der Waals surface area contributed by atoms with E-state index in [0.717, 1.165) is 12.8 Å². The van der Waals surface area contributed by atoms with Crippen LogP contribution in [0.4, 0.5) is 0 Å². The minimum Gasteiger partial charge on any atom is -0.316 e. The molecule has 5 nitrogen and oxygen atoms in total. The molecule has 1 saturated heterocycles. The number of hydrogen-bond donors (Lipinski definition) is 1. The van der Waals surface area contributed by atoms with Crippen molar-refractivity contribution in [1.82, 2.24) is 10.2 Å². The lowest BCUT2D eigenvalue weighted by Crippen LogP contribution is -2.45. The van der Waals surface area contributed by atoms with Crippen LogP contribution in [0.25, 0.3) is 0 Å². The van der Waals surface area contributed by atoms with Gasteiger partial charge in [0.25, 0.3) is 5.91 Å². The molecule has 0 radical (unpaired) electrons. The van der Waals surface area contributed by atoms with Crippen LogP contribution >= 0.6 is 0 Å². The molecule has 2 aliphatic rings. The van der Waals surface area contributed by atoms with Gasteiger partial charge in [-0.2, -0.15) is 0 Å². The van der Waals surface area contributed by atoms with Crippen LogP contribution in [0, 0.1) is 11.8 Å². The average Bonchev–Trinajstić information content (AvgIpc) is 2.96. The van der Waals surface area contributed by atoms with Crippen LogP contribution < -0.4 is 5.32 Å². The molecule has 0 aromatic carbocycles. The molecule has 1 saturated carbocycles. The molecule has 16 heavy (non-hydrogen) atoms. The van der Waals surface area contributed by atoms with Crippen molar-refractivity contribution in [2.45, 2.75) is 38.3 Å². The quantitative estimate of drug-likeness (QED) is 0.500. The summed E-state index contributed by atoms with van der Waals surface area (Å²) in [5.41, 5.74) is 0. The van der Waals surface area contributed by atoms with Gasteiger partial charge in [-0.1, -0.05) is 5.92 Å². The third-order valence-electron chi connectivity index (χ3n) is 2.69. The van der Waals surface area contributed by atoms with Crippen LogP contribution in [-0.2, 0) is 14.4 Å². The van der Waals surface area contributed by atoms with Crippen LogP contribution in [0.2, 0.25) is 0 Å². The van der Waals surface area contributed by atoms with Gasteiger partial charge in [0.05, 0.1) is 6.42 Å². The normalized spacial score (nSPS) is 23.4. The van der Waals surface area contributed by atoms with E-state index in [9.17, 15) is 14.4 Å². The Morgan fingerprint density at radius 3 is 2.56 bits per heavy atom. The number of nitrogens with one attached hydrogen (secondary N) is 1. The molecule has 1 unspecified atom stereocenters. The van der Waals surface area contributed by atoms with Crippen molar-refractivity contribution in [3.05, 3.63) is 0 Å². The van der Waals surface area contributed by atoms with E-state index in [1.54, 1.807) is 6.92 Å². The molecule has 1 heterocycles. The van der Waals surface area contributed by atoms with E-state index < -0.39 is 6.04 Å². The van der Waals surface area contributed by atoms with Gasteiger partial charge in [0, 0.05) is 6.04 Å². The third kappa shape index (κ3) is 1.91. The smallest absolute Gasteiger partial charge is 0.299 e. The van der Waals surface area contributed by atoms with Gasteiger partial charge in [-0.15, -0.1) is 0 Å². The topological polar surface area (TPSA) is 66.5 Å². The molecule has 1 N–H and O–H groups in total. The van der Waals surface area contributed by atoms with Crippen LogP contribution in [0.3, 0.4) is 0 Å². The first-order chi connectivity index (χ1) is 7.63. The number of carbonyl (C=O) groups is 3. The molecule has 1 atom stereocenters. The van der Waals surface area contributed by atoms with Crippen LogP contribution in [-0.4, -0.2) is 34.7 Å². The van der Waals surface area contributed by atoms with Crippen LogP contribution in [0.5, 0.6) is 0 Å². The summed E-state index contributed by atoms with van der Waals surface area (Å²) in [6, 6.07) is -0.580. The number of hydrogen-bond acceptors (Lipinski definition) is 3. The molecule has 1 aliphatic carbocycles. The summed E-state index contributed by atoms with van der Waals surface area (Å²) in [6.45, 7) is 1.57. The van der Waals surface area contributed by atoms with Gasteiger partial charge in [0.1, 0.15) is 6.04 Å². The van der Waals surface area contributed by atoms with Gasteiger partial charge in [-0.3, -0.25) is 19.7 Å². The first-order valence-electron chi connectivity index (χ1n) is 5.22. The monoisotopic (exact) mass is 220 g/mol. The summed E-state index contributed by atoms with van der Waals surface area (Å²) in [5, 5.41) is 2.21. The highest BCUT2D eigenvalue weighted by Gasteiger charge is 2.44. The molecule has 0 aromatic rings. The van der Waals surface area contributed by atoms with E-state index in [0.29, 0.717) is 0 Å². The van der Waals surface area contributed by atoms with Gasteiger partial charge in [-0.05, 0) is 25.7 Å². The molecule has 3 amide bonds. The summed E-state index contributed by atoms with van der Waals surface area (Å²) in [4.78, 5) is 35.8. The highest BCUT2D eigenvalue weighted by atomic mass is 16.2. The molecule has 0 bridgehead atoms. The van der Waals surface area contributed by atoms with Crippen LogP contribution in [0.1, 0.15) is 26.2 Å². The van der Waals surface area contributed by atoms with Crippen molar-refractivity contribution >= 4 is 17.7 Å². The summed E-state index contributed by atoms with van der Waals surface area (Å²) in [7, 11) is 0. The zero-order valence-corrected chi connectivity index (χ0v) is 8.95. The van der Waals surface area contributed by atoms with Crippen molar-refractivity contribution in [2.24, 2.45) is 0 Å². The Labute approximate surface area is 93.2 Å². The van der Waals surface area contributed by atoms with E-state index in [4.69, 9.17) is 0 Å². The van der Waals surface area contributed by atoms with E-state index in [1.807, 2.05) is 0 Å². The fourth-order valence-corrected chi connectivity index (χ4v) is 1.85. The maximum Gasteiger partial charge on any atom is 0.299 e. The van der Waals surface area contributed by atoms with Gasteiger partial charge in [0.2, 0.25) is 11.8 Å².